The van der Waals surface area contributed by atoms with Crippen molar-refractivity contribution in [2.24, 2.45) is 11.8 Å². The molecule has 0 saturated carbocycles. The van der Waals surface area contributed by atoms with Crippen LogP contribution in [0.15, 0.2) is 91.0 Å². The predicted molar refractivity (Wildman–Crippen MR) is 131 cm³/mol. The number of Topliss-reactive ketones (excluding diaryl/α,β-unsaturated/α-hetero) is 1. The van der Waals surface area contributed by atoms with Crippen molar-refractivity contribution in [3.05, 3.63) is 108 Å². The van der Waals surface area contributed by atoms with E-state index in [0.29, 0.717) is 5.92 Å². The van der Waals surface area contributed by atoms with Crippen LogP contribution in [0.3, 0.4) is 0 Å². The van der Waals surface area contributed by atoms with Gasteiger partial charge in [-0.2, -0.15) is 0 Å². The zero-order chi connectivity index (χ0) is 22.4. The first-order valence-electron chi connectivity index (χ1n) is 11.0. The standard InChI is InChI=1S/C10H12O.C10H14.C9H12/c1-8(2)10(11)9-6-4-3-5-7-9;1-9(2)8-10-6-4-3-5-7-10;1-8(2)9-6-4-3-5-7-9/h3-8H,1-2H3;3-7,9H,8H2,1-2H3;3-8H,1-2H3. The van der Waals surface area contributed by atoms with E-state index in [1.165, 1.54) is 17.5 Å². The summed E-state index contributed by atoms with van der Waals surface area (Å²) >= 11 is 0. The predicted octanol–water partition coefficient (Wildman–Crippen LogP) is 8.22. The van der Waals surface area contributed by atoms with E-state index < -0.39 is 0 Å². The molecular formula is C29H38O. The zero-order valence-corrected chi connectivity index (χ0v) is 19.5. The fourth-order valence-corrected chi connectivity index (χ4v) is 2.86. The molecule has 3 rings (SSSR count). The van der Waals surface area contributed by atoms with Crippen LogP contribution in [-0.4, -0.2) is 5.78 Å². The third-order valence-electron chi connectivity index (χ3n) is 4.54. The molecule has 3 aromatic carbocycles. The van der Waals surface area contributed by atoms with Crippen molar-refractivity contribution in [1.82, 2.24) is 0 Å². The van der Waals surface area contributed by atoms with Crippen LogP contribution in [0.1, 0.15) is 68.9 Å². The Labute approximate surface area is 184 Å². The molecule has 1 heteroatoms. The third kappa shape index (κ3) is 10.8. The average Bonchev–Trinajstić information content (AvgIpc) is 2.75. The first-order chi connectivity index (χ1) is 14.3. The van der Waals surface area contributed by atoms with Crippen LogP contribution >= 0.6 is 0 Å². The number of hydrogen-bond acceptors (Lipinski definition) is 1. The molecule has 1 nitrogen and oxygen atoms in total. The molecule has 0 aliphatic rings. The number of carbonyl (C=O) groups excluding carboxylic acids is 1. The van der Waals surface area contributed by atoms with Crippen LogP contribution in [0.25, 0.3) is 0 Å². The van der Waals surface area contributed by atoms with E-state index in [0.717, 1.165) is 11.5 Å². The van der Waals surface area contributed by atoms with Gasteiger partial charge in [0.2, 0.25) is 0 Å². The highest BCUT2D eigenvalue weighted by atomic mass is 16.1. The Bertz CT molecular complexity index is 803. The van der Waals surface area contributed by atoms with Crippen LogP contribution in [-0.2, 0) is 6.42 Å². The van der Waals surface area contributed by atoms with E-state index in [9.17, 15) is 4.79 Å². The molecule has 0 heterocycles. The number of benzene rings is 3. The summed E-state index contributed by atoms with van der Waals surface area (Å²) in [5.41, 5.74) is 3.66. The fourth-order valence-electron chi connectivity index (χ4n) is 2.86. The summed E-state index contributed by atoms with van der Waals surface area (Å²) in [5, 5.41) is 0. The van der Waals surface area contributed by atoms with Crippen molar-refractivity contribution in [3.63, 3.8) is 0 Å². The molecule has 0 atom stereocenters. The van der Waals surface area contributed by atoms with Crippen molar-refractivity contribution in [2.45, 2.75) is 53.9 Å². The summed E-state index contributed by atoms with van der Waals surface area (Å²) in [6, 6.07) is 30.5. The van der Waals surface area contributed by atoms with E-state index >= 15 is 0 Å². The van der Waals surface area contributed by atoms with E-state index in [1.54, 1.807) is 0 Å². The number of rotatable bonds is 5. The van der Waals surface area contributed by atoms with E-state index in [4.69, 9.17) is 0 Å². The minimum atomic E-state index is 0.0948. The summed E-state index contributed by atoms with van der Waals surface area (Å²) in [7, 11) is 0. The highest BCUT2D eigenvalue weighted by molar-refractivity contribution is 5.97. The van der Waals surface area contributed by atoms with Gasteiger partial charge in [-0.15, -0.1) is 0 Å². The maximum absolute atomic E-state index is 11.3. The van der Waals surface area contributed by atoms with Crippen LogP contribution in [0.2, 0.25) is 0 Å². The number of hydrogen-bond donors (Lipinski definition) is 0. The van der Waals surface area contributed by atoms with Gasteiger partial charge < -0.3 is 0 Å². The Morgan fingerprint density at radius 1 is 0.633 bits per heavy atom. The molecule has 0 radical (unpaired) electrons. The van der Waals surface area contributed by atoms with Crippen molar-refractivity contribution in [1.29, 1.82) is 0 Å². The lowest BCUT2D eigenvalue weighted by atomic mass is 10.0. The van der Waals surface area contributed by atoms with Crippen LogP contribution in [0, 0.1) is 11.8 Å². The third-order valence-corrected chi connectivity index (χ3v) is 4.54. The van der Waals surface area contributed by atoms with Crippen molar-refractivity contribution < 1.29 is 4.79 Å². The first-order valence-corrected chi connectivity index (χ1v) is 11.0. The SMILES string of the molecule is CC(C)C(=O)c1ccccc1.CC(C)Cc1ccccc1.CC(C)c1ccccc1. The van der Waals surface area contributed by atoms with Gasteiger partial charge >= 0.3 is 0 Å². The zero-order valence-electron chi connectivity index (χ0n) is 19.5. The number of carbonyl (C=O) groups is 1. The molecule has 0 spiro atoms. The molecule has 0 fully saturated rings. The highest BCUT2D eigenvalue weighted by Gasteiger charge is 2.08. The maximum atomic E-state index is 11.3. The summed E-state index contributed by atoms with van der Waals surface area (Å²) < 4.78 is 0. The lowest BCUT2D eigenvalue weighted by Gasteiger charge is -2.02. The molecule has 0 aliphatic heterocycles. The van der Waals surface area contributed by atoms with Gasteiger partial charge in [-0.3, -0.25) is 4.79 Å². The van der Waals surface area contributed by atoms with Gasteiger partial charge in [0.1, 0.15) is 0 Å². The smallest absolute Gasteiger partial charge is 0.165 e. The Kier molecular flexibility index (Phi) is 12.1. The van der Waals surface area contributed by atoms with E-state index in [2.05, 4.69) is 82.3 Å². The van der Waals surface area contributed by atoms with Gasteiger partial charge in [0.15, 0.2) is 5.78 Å². The lowest BCUT2D eigenvalue weighted by molar-refractivity contribution is 0.0939. The molecule has 0 aliphatic carbocycles. The monoisotopic (exact) mass is 402 g/mol. The summed E-state index contributed by atoms with van der Waals surface area (Å²) in [6.07, 6.45) is 1.20. The summed E-state index contributed by atoms with van der Waals surface area (Å²) in [5.74, 6) is 1.73. The largest absolute Gasteiger partial charge is 0.294 e. The average molecular weight is 403 g/mol. The van der Waals surface area contributed by atoms with Gasteiger partial charge in [-0.25, -0.2) is 0 Å². The van der Waals surface area contributed by atoms with Gasteiger partial charge in [-0.05, 0) is 29.4 Å². The molecule has 0 bridgehead atoms. The molecule has 30 heavy (non-hydrogen) atoms. The van der Waals surface area contributed by atoms with Crippen LogP contribution in [0.4, 0.5) is 0 Å². The Morgan fingerprint density at radius 3 is 1.43 bits per heavy atom. The van der Waals surface area contributed by atoms with Gasteiger partial charge in [0.05, 0.1) is 0 Å². The van der Waals surface area contributed by atoms with Gasteiger partial charge in [0, 0.05) is 11.5 Å². The second-order valence-corrected chi connectivity index (χ2v) is 8.53. The second-order valence-electron chi connectivity index (χ2n) is 8.53. The Morgan fingerprint density at radius 2 is 1.07 bits per heavy atom. The summed E-state index contributed by atoms with van der Waals surface area (Å²) in [4.78, 5) is 11.3. The minimum absolute atomic E-state index is 0.0948. The van der Waals surface area contributed by atoms with Gasteiger partial charge in [0.25, 0.3) is 0 Å². The maximum Gasteiger partial charge on any atom is 0.165 e. The van der Waals surface area contributed by atoms with Gasteiger partial charge in [-0.1, -0.05) is 133 Å². The van der Waals surface area contributed by atoms with Crippen LogP contribution < -0.4 is 0 Å². The Balaban J connectivity index is 0.000000226. The van der Waals surface area contributed by atoms with E-state index in [1.807, 2.05) is 50.2 Å². The first kappa shape index (κ1) is 25.4. The fraction of sp³-hybridized carbons (Fsp3) is 0.345. The molecule has 3 aromatic rings. The normalized spacial score (nSPS) is 10.2. The Hall–Kier alpha value is -2.67. The quantitative estimate of drug-likeness (QED) is 0.393. The molecule has 0 saturated heterocycles. The second kappa shape index (κ2) is 14.3. The molecule has 0 N–H and O–H groups in total. The highest BCUT2D eigenvalue weighted by Crippen LogP contribution is 2.11. The van der Waals surface area contributed by atoms with Crippen molar-refractivity contribution in [2.75, 3.05) is 0 Å². The van der Waals surface area contributed by atoms with Crippen LogP contribution in [0.5, 0.6) is 0 Å². The number of ketones is 1. The van der Waals surface area contributed by atoms with Crippen molar-refractivity contribution >= 4 is 5.78 Å². The van der Waals surface area contributed by atoms with Crippen molar-refractivity contribution in [3.8, 4) is 0 Å². The minimum Gasteiger partial charge on any atom is -0.294 e. The van der Waals surface area contributed by atoms with E-state index in [-0.39, 0.29) is 11.7 Å². The summed E-state index contributed by atoms with van der Waals surface area (Å²) in [6.45, 7) is 12.7. The molecule has 0 amide bonds. The molecule has 0 unspecified atom stereocenters. The molecule has 160 valence electrons. The molecular weight excluding hydrogens is 364 g/mol. The lowest BCUT2D eigenvalue weighted by Crippen LogP contribution is -2.06. The molecule has 0 aromatic heterocycles. The topological polar surface area (TPSA) is 17.1 Å².